The van der Waals surface area contributed by atoms with E-state index in [9.17, 15) is 23.5 Å². The molecular weight excluding hydrogens is 336 g/mol. The minimum absolute atomic E-state index is 0.0470. The van der Waals surface area contributed by atoms with Gasteiger partial charge in [-0.05, 0) is 48.9 Å². The topological polar surface area (TPSA) is 84.9 Å². The highest BCUT2D eigenvalue weighted by molar-refractivity contribution is 5.96. The van der Waals surface area contributed by atoms with Crippen molar-refractivity contribution in [1.29, 1.82) is 0 Å². The maximum Gasteiger partial charge on any atom is 0.387 e. The first-order valence-electron chi connectivity index (χ1n) is 7.16. The van der Waals surface area contributed by atoms with Gasteiger partial charge in [0.25, 0.3) is 5.91 Å². The van der Waals surface area contributed by atoms with Crippen molar-refractivity contribution in [3.63, 3.8) is 0 Å². The highest BCUT2D eigenvalue weighted by Crippen LogP contribution is 2.20. The van der Waals surface area contributed by atoms with Gasteiger partial charge in [-0.15, -0.1) is 0 Å². The first-order chi connectivity index (χ1) is 11.8. The zero-order chi connectivity index (χ0) is 18.4. The van der Waals surface area contributed by atoms with Crippen molar-refractivity contribution in [3.05, 3.63) is 53.6 Å². The molecule has 1 amide bonds. The van der Waals surface area contributed by atoms with Crippen molar-refractivity contribution in [2.24, 2.45) is 0 Å². The standard InChI is InChI=1S/C17H15F2NO5/c1-10-2-7-13(14(21)8-10)16(23)24-9-15(22)20-11-3-5-12(6-4-11)25-17(18)19/h2-8,17,21H,9H2,1H3,(H,20,22). The number of hydrogen-bond acceptors (Lipinski definition) is 5. The molecule has 0 aliphatic rings. The number of alkyl halides is 2. The molecule has 0 radical (unpaired) electrons. The Labute approximate surface area is 142 Å². The van der Waals surface area contributed by atoms with Crippen molar-refractivity contribution in [1.82, 2.24) is 0 Å². The Morgan fingerprint density at radius 2 is 1.84 bits per heavy atom. The molecule has 0 saturated heterocycles. The summed E-state index contributed by atoms with van der Waals surface area (Å²) >= 11 is 0. The van der Waals surface area contributed by atoms with Crippen molar-refractivity contribution < 1.29 is 33.0 Å². The number of phenolic OH excluding ortho intramolecular Hbond substituents is 1. The lowest BCUT2D eigenvalue weighted by atomic mass is 10.1. The summed E-state index contributed by atoms with van der Waals surface area (Å²) in [6.07, 6.45) is 0. The van der Waals surface area contributed by atoms with Crippen molar-refractivity contribution in [2.75, 3.05) is 11.9 Å². The number of aryl methyl sites for hydroxylation is 1. The Balaban J connectivity index is 1.86. The van der Waals surface area contributed by atoms with Crippen molar-refractivity contribution in [3.8, 4) is 11.5 Å². The second kappa shape index (κ2) is 8.09. The minimum Gasteiger partial charge on any atom is -0.507 e. The van der Waals surface area contributed by atoms with Gasteiger partial charge in [-0.25, -0.2) is 4.79 Å². The molecule has 0 heterocycles. The lowest BCUT2D eigenvalue weighted by molar-refractivity contribution is -0.119. The molecule has 0 bridgehead atoms. The van der Waals surface area contributed by atoms with Gasteiger partial charge in [0, 0.05) is 5.69 Å². The molecule has 132 valence electrons. The molecule has 6 nitrogen and oxygen atoms in total. The molecular formula is C17H15F2NO5. The van der Waals surface area contributed by atoms with E-state index in [-0.39, 0.29) is 17.1 Å². The van der Waals surface area contributed by atoms with Crippen LogP contribution in [0.2, 0.25) is 0 Å². The number of esters is 1. The van der Waals surface area contributed by atoms with Gasteiger partial charge in [-0.3, -0.25) is 4.79 Å². The summed E-state index contributed by atoms with van der Waals surface area (Å²) in [5.41, 5.74) is 1.04. The Morgan fingerprint density at radius 3 is 2.44 bits per heavy atom. The normalized spacial score (nSPS) is 10.4. The third-order valence-corrected chi connectivity index (χ3v) is 3.07. The van der Waals surface area contributed by atoms with E-state index in [1.165, 1.54) is 36.4 Å². The number of carbonyl (C=O) groups is 2. The number of rotatable bonds is 6. The van der Waals surface area contributed by atoms with Gasteiger partial charge in [0.2, 0.25) is 0 Å². The number of benzene rings is 2. The Morgan fingerprint density at radius 1 is 1.16 bits per heavy atom. The molecule has 2 aromatic rings. The fourth-order valence-corrected chi connectivity index (χ4v) is 1.94. The molecule has 2 N–H and O–H groups in total. The Hall–Kier alpha value is -3.16. The fourth-order valence-electron chi connectivity index (χ4n) is 1.94. The van der Waals surface area contributed by atoms with Crippen LogP contribution in [0.5, 0.6) is 11.5 Å². The maximum atomic E-state index is 12.0. The average molecular weight is 351 g/mol. The second-order valence-corrected chi connectivity index (χ2v) is 5.05. The number of phenols is 1. The summed E-state index contributed by atoms with van der Waals surface area (Å²) in [5, 5.41) is 12.1. The first-order valence-corrected chi connectivity index (χ1v) is 7.16. The van der Waals surface area contributed by atoms with Crippen LogP contribution in [0.3, 0.4) is 0 Å². The molecule has 25 heavy (non-hydrogen) atoms. The van der Waals surface area contributed by atoms with Crippen LogP contribution >= 0.6 is 0 Å². The van der Waals surface area contributed by atoms with E-state index in [0.717, 1.165) is 5.56 Å². The van der Waals surface area contributed by atoms with E-state index in [2.05, 4.69) is 10.1 Å². The summed E-state index contributed by atoms with van der Waals surface area (Å²) in [6.45, 7) is -1.75. The lowest BCUT2D eigenvalue weighted by Gasteiger charge is -2.09. The average Bonchev–Trinajstić information content (AvgIpc) is 2.54. The second-order valence-electron chi connectivity index (χ2n) is 5.05. The molecule has 0 atom stereocenters. The number of hydrogen-bond donors (Lipinski definition) is 2. The van der Waals surface area contributed by atoms with Crippen LogP contribution in [-0.4, -0.2) is 30.2 Å². The van der Waals surface area contributed by atoms with Gasteiger partial charge in [0.05, 0.1) is 0 Å². The molecule has 0 aromatic heterocycles. The number of anilines is 1. The SMILES string of the molecule is Cc1ccc(C(=O)OCC(=O)Nc2ccc(OC(F)F)cc2)c(O)c1. The summed E-state index contributed by atoms with van der Waals surface area (Å²) in [6, 6.07) is 9.68. The molecule has 2 rings (SSSR count). The lowest BCUT2D eigenvalue weighted by Crippen LogP contribution is -2.21. The van der Waals surface area contributed by atoms with Gasteiger partial charge in [-0.1, -0.05) is 6.07 Å². The third kappa shape index (κ3) is 5.45. The number of aromatic hydroxyl groups is 1. The van der Waals surface area contributed by atoms with E-state index < -0.39 is 25.1 Å². The van der Waals surface area contributed by atoms with E-state index in [4.69, 9.17) is 4.74 Å². The van der Waals surface area contributed by atoms with Crippen LogP contribution in [0, 0.1) is 6.92 Å². The smallest absolute Gasteiger partial charge is 0.387 e. The van der Waals surface area contributed by atoms with E-state index in [1.807, 2.05) is 0 Å². The van der Waals surface area contributed by atoms with Gasteiger partial charge in [0.1, 0.15) is 17.1 Å². The van der Waals surface area contributed by atoms with E-state index in [1.54, 1.807) is 13.0 Å². The van der Waals surface area contributed by atoms with Crippen molar-refractivity contribution >= 4 is 17.6 Å². The van der Waals surface area contributed by atoms with Gasteiger partial charge in [-0.2, -0.15) is 8.78 Å². The quantitative estimate of drug-likeness (QED) is 0.781. The van der Waals surface area contributed by atoms with Crippen LogP contribution in [0.15, 0.2) is 42.5 Å². The number of halogens is 2. The van der Waals surface area contributed by atoms with Gasteiger partial charge in [0.15, 0.2) is 6.61 Å². The maximum absolute atomic E-state index is 12.0. The highest BCUT2D eigenvalue weighted by atomic mass is 19.3. The van der Waals surface area contributed by atoms with Crippen LogP contribution in [0.25, 0.3) is 0 Å². The molecule has 0 fully saturated rings. The van der Waals surface area contributed by atoms with Crippen LogP contribution in [0.1, 0.15) is 15.9 Å². The zero-order valence-corrected chi connectivity index (χ0v) is 13.2. The molecule has 0 saturated carbocycles. The molecule has 2 aromatic carbocycles. The summed E-state index contributed by atoms with van der Waals surface area (Å²) in [7, 11) is 0. The summed E-state index contributed by atoms with van der Waals surface area (Å²) < 4.78 is 33.1. The monoisotopic (exact) mass is 351 g/mol. The molecule has 8 heteroatoms. The van der Waals surface area contributed by atoms with Gasteiger partial charge >= 0.3 is 12.6 Å². The van der Waals surface area contributed by atoms with E-state index in [0.29, 0.717) is 5.69 Å². The van der Waals surface area contributed by atoms with Crippen LogP contribution < -0.4 is 10.1 Å². The molecule has 0 aliphatic carbocycles. The molecule has 0 unspecified atom stereocenters. The zero-order valence-electron chi connectivity index (χ0n) is 13.2. The van der Waals surface area contributed by atoms with Crippen molar-refractivity contribution in [2.45, 2.75) is 13.5 Å². The third-order valence-electron chi connectivity index (χ3n) is 3.07. The number of nitrogens with one attached hydrogen (secondary N) is 1. The molecule has 0 aliphatic heterocycles. The predicted octanol–water partition coefficient (Wildman–Crippen LogP) is 3.10. The summed E-state index contributed by atoms with van der Waals surface area (Å²) in [5.74, 6) is -1.75. The van der Waals surface area contributed by atoms with Crippen LogP contribution in [0.4, 0.5) is 14.5 Å². The highest BCUT2D eigenvalue weighted by Gasteiger charge is 2.14. The Bertz CT molecular complexity index is 762. The minimum atomic E-state index is -2.93. The fraction of sp³-hybridized carbons (Fsp3) is 0.176. The number of amides is 1. The predicted molar refractivity (Wildman–Crippen MR) is 84.8 cm³/mol. The molecule has 0 spiro atoms. The number of ether oxygens (including phenoxy) is 2. The largest absolute Gasteiger partial charge is 0.507 e. The Kier molecular flexibility index (Phi) is 5.89. The summed E-state index contributed by atoms with van der Waals surface area (Å²) in [4.78, 5) is 23.6. The first kappa shape index (κ1) is 18.2. The van der Waals surface area contributed by atoms with Gasteiger partial charge < -0.3 is 19.9 Å². The van der Waals surface area contributed by atoms with E-state index >= 15 is 0 Å². The van der Waals surface area contributed by atoms with Crippen LogP contribution in [-0.2, 0) is 9.53 Å². The number of carbonyl (C=O) groups excluding carboxylic acids is 2.